The second-order valence-corrected chi connectivity index (χ2v) is 4.88. The van der Waals surface area contributed by atoms with E-state index < -0.39 is 16.7 Å². The van der Waals surface area contributed by atoms with Gasteiger partial charge in [0.1, 0.15) is 0 Å². The summed E-state index contributed by atoms with van der Waals surface area (Å²) in [6.45, 7) is 4.52. The van der Waals surface area contributed by atoms with Crippen LogP contribution in [0, 0.1) is 10.1 Å². The first kappa shape index (κ1) is 18.0. The van der Waals surface area contributed by atoms with E-state index in [1.807, 2.05) is 0 Å². The van der Waals surface area contributed by atoms with Gasteiger partial charge in [-0.05, 0) is 12.5 Å². The number of carbonyl (C=O) groups excluding carboxylic acids is 3. The van der Waals surface area contributed by atoms with Crippen molar-refractivity contribution in [2.75, 3.05) is 13.1 Å². The second kappa shape index (κ2) is 8.42. The number of nitro groups is 1. The van der Waals surface area contributed by atoms with Crippen molar-refractivity contribution >= 4 is 23.3 Å². The van der Waals surface area contributed by atoms with Crippen molar-refractivity contribution in [3.8, 4) is 0 Å². The molecule has 0 fully saturated rings. The van der Waals surface area contributed by atoms with Crippen molar-refractivity contribution in [2.24, 2.45) is 0 Å². The number of rotatable bonds is 8. The van der Waals surface area contributed by atoms with Crippen molar-refractivity contribution in [2.45, 2.75) is 13.3 Å². The Balaban J connectivity index is 2.36. The lowest BCUT2D eigenvalue weighted by molar-refractivity contribution is -0.384. The Bertz CT molecular complexity index is 637. The molecular weight excluding hydrogens is 302 g/mol. The molecule has 0 radical (unpaired) electrons. The Kier molecular flexibility index (Phi) is 6.60. The van der Waals surface area contributed by atoms with Crippen LogP contribution in [0.3, 0.4) is 0 Å². The summed E-state index contributed by atoms with van der Waals surface area (Å²) >= 11 is 0. The third-order valence-electron chi connectivity index (χ3n) is 2.83. The number of hydrogen-bond donors (Lipinski definition) is 2. The number of Topliss-reactive ketones (excluding diaryl/α,β-unsaturated/α-hetero) is 1. The number of ketones is 1. The highest BCUT2D eigenvalue weighted by atomic mass is 16.6. The minimum Gasteiger partial charge on any atom is -0.347 e. The SMILES string of the molecule is C=C(C)C(=O)NCC(=O)NCC(=O)Cc1ccc([N+](=O)[O-])cc1. The van der Waals surface area contributed by atoms with Crippen molar-refractivity contribution in [1.82, 2.24) is 10.6 Å². The van der Waals surface area contributed by atoms with Gasteiger partial charge in [0, 0.05) is 24.1 Å². The lowest BCUT2D eigenvalue weighted by Gasteiger charge is -2.06. The Morgan fingerprint density at radius 3 is 2.26 bits per heavy atom. The summed E-state index contributed by atoms with van der Waals surface area (Å²) in [5.74, 6) is -1.17. The third-order valence-corrected chi connectivity index (χ3v) is 2.83. The van der Waals surface area contributed by atoms with Gasteiger partial charge in [-0.2, -0.15) is 0 Å². The summed E-state index contributed by atoms with van der Waals surface area (Å²) in [5, 5.41) is 15.3. The molecule has 23 heavy (non-hydrogen) atoms. The zero-order chi connectivity index (χ0) is 17.4. The molecule has 0 bridgehead atoms. The highest BCUT2D eigenvalue weighted by molar-refractivity contribution is 5.95. The number of amides is 2. The minimum atomic E-state index is -0.523. The Morgan fingerprint density at radius 2 is 1.74 bits per heavy atom. The molecule has 0 saturated heterocycles. The van der Waals surface area contributed by atoms with Crippen molar-refractivity contribution in [3.63, 3.8) is 0 Å². The molecule has 0 aromatic heterocycles. The van der Waals surface area contributed by atoms with Crippen LogP contribution in [-0.4, -0.2) is 35.6 Å². The molecule has 0 saturated carbocycles. The van der Waals surface area contributed by atoms with Gasteiger partial charge in [-0.3, -0.25) is 24.5 Å². The van der Waals surface area contributed by atoms with E-state index in [2.05, 4.69) is 17.2 Å². The van der Waals surface area contributed by atoms with E-state index in [1.54, 1.807) is 0 Å². The highest BCUT2D eigenvalue weighted by Gasteiger charge is 2.10. The average Bonchev–Trinajstić information content (AvgIpc) is 2.50. The molecule has 122 valence electrons. The maximum absolute atomic E-state index is 11.7. The molecule has 1 aromatic rings. The molecule has 1 rings (SSSR count). The van der Waals surface area contributed by atoms with Gasteiger partial charge in [-0.1, -0.05) is 18.7 Å². The van der Waals surface area contributed by atoms with E-state index in [0.717, 1.165) is 0 Å². The molecular formula is C15H17N3O5. The largest absolute Gasteiger partial charge is 0.347 e. The molecule has 0 atom stereocenters. The number of nitrogens with one attached hydrogen (secondary N) is 2. The summed E-state index contributed by atoms with van der Waals surface area (Å²) in [6, 6.07) is 5.61. The number of benzene rings is 1. The second-order valence-electron chi connectivity index (χ2n) is 4.88. The molecule has 8 heteroatoms. The fraction of sp³-hybridized carbons (Fsp3) is 0.267. The van der Waals surface area contributed by atoms with Gasteiger partial charge in [0.15, 0.2) is 5.78 Å². The fourth-order valence-electron chi connectivity index (χ4n) is 1.60. The number of hydrogen-bond acceptors (Lipinski definition) is 5. The molecule has 0 aliphatic rings. The number of carbonyl (C=O) groups is 3. The van der Waals surface area contributed by atoms with Crippen LogP contribution in [0.4, 0.5) is 5.69 Å². The molecule has 1 aromatic carbocycles. The van der Waals surface area contributed by atoms with E-state index in [1.165, 1.54) is 31.2 Å². The highest BCUT2D eigenvalue weighted by Crippen LogP contribution is 2.12. The summed E-state index contributed by atoms with van der Waals surface area (Å²) in [7, 11) is 0. The van der Waals surface area contributed by atoms with Gasteiger partial charge in [0.25, 0.3) is 5.69 Å². The van der Waals surface area contributed by atoms with Crippen LogP contribution in [0.25, 0.3) is 0 Å². The zero-order valence-corrected chi connectivity index (χ0v) is 12.6. The summed E-state index contributed by atoms with van der Waals surface area (Å²) in [4.78, 5) is 44.4. The molecule has 2 N–H and O–H groups in total. The predicted octanol–water partition coefficient (Wildman–Crippen LogP) is 0.515. The van der Waals surface area contributed by atoms with Crippen LogP contribution >= 0.6 is 0 Å². The number of non-ortho nitro benzene ring substituents is 1. The monoisotopic (exact) mass is 319 g/mol. The van der Waals surface area contributed by atoms with E-state index >= 15 is 0 Å². The maximum Gasteiger partial charge on any atom is 0.269 e. The van der Waals surface area contributed by atoms with E-state index in [-0.39, 0.29) is 36.6 Å². The summed E-state index contributed by atoms with van der Waals surface area (Å²) in [6.07, 6.45) is 0.0520. The quantitative estimate of drug-likeness (QED) is 0.411. The first-order valence-electron chi connectivity index (χ1n) is 6.75. The van der Waals surface area contributed by atoms with Crippen LogP contribution < -0.4 is 10.6 Å². The van der Waals surface area contributed by atoms with Crippen LogP contribution in [-0.2, 0) is 20.8 Å². The van der Waals surface area contributed by atoms with E-state index in [0.29, 0.717) is 5.56 Å². The van der Waals surface area contributed by atoms with E-state index in [4.69, 9.17) is 0 Å². The first-order valence-corrected chi connectivity index (χ1v) is 6.75. The Labute approximate surface area is 132 Å². The Morgan fingerprint density at radius 1 is 1.13 bits per heavy atom. The number of nitrogens with zero attached hydrogens (tertiary/aromatic N) is 1. The van der Waals surface area contributed by atoms with Gasteiger partial charge < -0.3 is 10.6 Å². The van der Waals surface area contributed by atoms with Gasteiger partial charge in [0.05, 0.1) is 18.0 Å². The Hall–Kier alpha value is -3.03. The summed E-state index contributed by atoms with van der Waals surface area (Å²) < 4.78 is 0. The topological polar surface area (TPSA) is 118 Å². The standard InChI is InChI=1S/C15H17N3O5/c1-10(2)15(21)17-9-14(20)16-8-13(19)7-11-3-5-12(6-4-11)18(22)23/h3-6H,1,7-9H2,2H3,(H,16,20)(H,17,21). The molecule has 8 nitrogen and oxygen atoms in total. The van der Waals surface area contributed by atoms with Crippen LogP contribution in [0.1, 0.15) is 12.5 Å². The van der Waals surface area contributed by atoms with Crippen LogP contribution in [0.5, 0.6) is 0 Å². The molecule has 0 unspecified atom stereocenters. The molecule has 2 amide bonds. The summed E-state index contributed by atoms with van der Waals surface area (Å²) in [5.41, 5.74) is 0.847. The van der Waals surface area contributed by atoms with Gasteiger partial charge in [-0.15, -0.1) is 0 Å². The molecule has 0 heterocycles. The van der Waals surface area contributed by atoms with Gasteiger partial charge >= 0.3 is 0 Å². The van der Waals surface area contributed by atoms with E-state index in [9.17, 15) is 24.5 Å². The molecule has 0 spiro atoms. The predicted molar refractivity (Wildman–Crippen MR) is 82.6 cm³/mol. The first-order chi connectivity index (χ1) is 10.8. The normalized spacial score (nSPS) is 9.78. The third kappa shape index (κ3) is 6.51. The minimum absolute atomic E-state index is 0.0520. The van der Waals surface area contributed by atoms with Gasteiger partial charge in [0.2, 0.25) is 11.8 Å². The molecule has 0 aliphatic carbocycles. The average molecular weight is 319 g/mol. The van der Waals surface area contributed by atoms with Crippen molar-refractivity contribution in [3.05, 3.63) is 52.1 Å². The van der Waals surface area contributed by atoms with Crippen molar-refractivity contribution < 1.29 is 19.3 Å². The van der Waals surface area contributed by atoms with Crippen LogP contribution in [0.2, 0.25) is 0 Å². The lowest BCUT2D eigenvalue weighted by Crippen LogP contribution is -2.39. The fourth-order valence-corrected chi connectivity index (χ4v) is 1.60. The zero-order valence-electron chi connectivity index (χ0n) is 12.6. The maximum atomic E-state index is 11.7. The smallest absolute Gasteiger partial charge is 0.269 e. The van der Waals surface area contributed by atoms with Gasteiger partial charge in [-0.25, -0.2) is 0 Å². The number of nitro benzene ring substituents is 1. The molecule has 0 aliphatic heterocycles. The van der Waals surface area contributed by atoms with Crippen LogP contribution in [0.15, 0.2) is 36.4 Å². The van der Waals surface area contributed by atoms with Crippen molar-refractivity contribution in [1.29, 1.82) is 0 Å². The lowest BCUT2D eigenvalue weighted by atomic mass is 10.1.